The lowest BCUT2D eigenvalue weighted by Crippen LogP contribution is -2.46. The molecule has 0 saturated heterocycles. The van der Waals surface area contributed by atoms with Crippen LogP contribution >= 0.6 is 23.2 Å². The molecule has 6 heteroatoms. The number of halogens is 3. The van der Waals surface area contributed by atoms with Gasteiger partial charge in [0.2, 0.25) is 0 Å². The molecule has 0 heterocycles. The Labute approximate surface area is 151 Å². The van der Waals surface area contributed by atoms with Gasteiger partial charge in [0, 0.05) is 16.9 Å². The largest absolute Gasteiger partial charge is 0.598 e. The van der Waals surface area contributed by atoms with Gasteiger partial charge in [0.25, 0.3) is 0 Å². The van der Waals surface area contributed by atoms with E-state index in [0.717, 1.165) is 25.7 Å². The van der Waals surface area contributed by atoms with Crippen molar-refractivity contribution in [1.82, 2.24) is 4.72 Å². The van der Waals surface area contributed by atoms with Crippen molar-refractivity contribution in [2.45, 2.75) is 64.2 Å². The first kappa shape index (κ1) is 19.3. The van der Waals surface area contributed by atoms with E-state index in [0.29, 0.717) is 10.6 Å². The Morgan fingerprint density at radius 1 is 1.26 bits per heavy atom. The summed E-state index contributed by atoms with van der Waals surface area (Å²) in [5.41, 5.74) is 0.136. The molecule has 1 aromatic rings. The quantitative estimate of drug-likeness (QED) is 0.529. The summed E-state index contributed by atoms with van der Waals surface area (Å²) >= 11 is 11.1. The summed E-state index contributed by atoms with van der Waals surface area (Å²) in [5.74, 6) is -0.407. The lowest BCUT2D eigenvalue weighted by atomic mass is 9.77. The molecule has 1 fully saturated rings. The van der Waals surface area contributed by atoms with Crippen molar-refractivity contribution in [1.29, 1.82) is 0 Å². The molecule has 0 spiro atoms. The summed E-state index contributed by atoms with van der Waals surface area (Å²) in [6.45, 7) is 7.77. The third-order valence-electron chi connectivity index (χ3n) is 4.59. The molecule has 1 unspecified atom stereocenters. The molecule has 1 aromatic carbocycles. The van der Waals surface area contributed by atoms with Crippen molar-refractivity contribution < 1.29 is 8.94 Å². The topological polar surface area (TPSA) is 35.1 Å². The fourth-order valence-corrected chi connectivity index (χ4v) is 4.51. The minimum atomic E-state index is -1.33. The highest BCUT2D eigenvalue weighted by molar-refractivity contribution is 7.90. The number of benzene rings is 1. The summed E-state index contributed by atoms with van der Waals surface area (Å²) in [4.78, 5) is 0. The van der Waals surface area contributed by atoms with Crippen molar-refractivity contribution >= 4 is 34.6 Å². The van der Waals surface area contributed by atoms with Gasteiger partial charge >= 0.3 is 0 Å². The van der Waals surface area contributed by atoms with Gasteiger partial charge in [0.1, 0.15) is 10.6 Å². The molecule has 0 aliphatic heterocycles. The first-order chi connectivity index (χ1) is 10.6. The van der Waals surface area contributed by atoms with Crippen LogP contribution in [-0.2, 0) is 11.4 Å². The average Bonchev–Trinajstić information content (AvgIpc) is 2.89. The van der Waals surface area contributed by atoms with Crippen molar-refractivity contribution in [3.8, 4) is 0 Å². The number of rotatable bonds is 4. The summed E-state index contributed by atoms with van der Waals surface area (Å²) in [5, 5.41) is 0.529. The Morgan fingerprint density at radius 3 is 2.35 bits per heavy atom. The molecular weight excluding hydrogens is 356 g/mol. The molecule has 1 saturated carbocycles. The van der Waals surface area contributed by atoms with Crippen LogP contribution in [0.4, 0.5) is 4.39 Å². The Kier molecular flexibility index (Phi) is 5.95. The third kappa shape index (κ3) is 4.16. The first-order valence-corrected chi connectivity index (χ1v) is 9.78. The van der Waals surface area contributed by atoms with Crippen molar-refractivity contribution in [3.63, 3.8) is 0 Å². The second-order valence-electron chi connectivity index (χ2n) is 7.55. The molecule has 0 aromatic heterocycles. The van der Waals surface area contributed by atoms with Crippen LogP contribution in [-0.4, -0.2) is 9.30 Å². The van der Waals surface area contributed by atoms with Crippen LogP contribution in [0.25, 0.3) is 0 Å². The van der Waals surface area contributed by atoms with Crippen molar-refractivity contribution in [2.75, 3.05) is 0 Å². The van der Waals surface area contributed by atoms with E-state index in [-0.39, 0.29) is 10.4 Å². The van der Waals surface area contributed by atoms with Gasteiger partial charge in [-0.15, -0.1) is 4.72 Å². The minimum absolute atomic E-state index is 0.198. The molecule has 0 amide bonds. The lowest BCUT2D eigenvalue weighted by molar-refractivity contribution is 0.242. The molecule has 0 bridgehead atoms. The second-order valence-corrected chi connectivity index (χ2v) is 10.3. The molecule has 2 atom stereocenters. The highest BCUT2D eigenvalue weighted by atomic mass is 35.5. The summed E-state index contributed by atoms with van der Waals surface area (Å²) in [6, 6.07) is 2.35. The number of hydrogen-bond acceptors (Lipinski definition) is 2. The summed E-state index contributed by atoms with van der Waals surface area (Å²) in [6.07, 6.45) is 4.04. The fourth-order valence-electron chi connectivity index (χ4n) is 3.11. The Morgan fingerprint density at radius 2 is 1.83 bits per heavy atom. The zero-order valence-electron chi connectivity index (χ0n) is 14.0. The maximum Gasteiger partial charge on any atom is 0.136 e. The molecule has 1 N–H and O–H groups in total. The van der Waals surface area contributed by atoms with Gasteiger partial charge in [0.15, 0.2) is 0 Å². The van der Waals surface area contributed by atoms with E-state index >= 15 is 0 Å². The van der Waals surface area contributed by atoms with Gasteiger partial charge < -0.3 is 4.55 Å². The molecule has 130 valence electrons. The smallest absolute Gasteiger partial charge is 0.136 e. The lowest BCUT2D eigenvalue weighted by Gasteiger charge is -2.37. The minimum Gasteiger partial charge on any atom is -0.598 e. The zero-order valence-corrected chi connectivity index (χ0v) is 16.3. The molecule has 1 aliphatic carbocycles. The second kappa shape index (κ2) is 7.09. The summed E-state index contributed by atoms with van der Waals surface area (Å²) in [7, 11) is 0. The van der Waals surface area contributed by atoms with E-state index < -0.39 is 28.0 Å². The van der Waals surface area contributed by atoms with Crippen LogP contribution in [0.15, 0.2) is 12.1 Å². The van der Waals surface area contributed by atoms with Crippen LogP contribution in [0.3, 0.4) is 0 Å². The van der Waals surface area contributed by atoms with Crippen LogP contribution in [0.1, 0.15) is 65.0 Å². The SMILES string of the molecule is CC1(C(N[S@+]([O-])C(C)(C)C)c2c(F)ccc(Cl)c2Cl)CCCC1. The van der Waals surface area contributed by atoms with E-state index in [1.807, 2.05) is 20.8 Å². The van der Waals surface area contributed by atoms with E-state index in [4.69, 9.17) is 23.2 Å². The fraction of sp³-hybridized carbons (Fsp3) is 0.647. The standard InChI is InChI=1S/C17H24Cl2FNOS/c1-16(2,3)23(22)21-15(17(4)9-5-6-10-17)13-12(20)8-7-11(18)14(13)19/h7-8,15,21H,5-6,9-10H2,1-4H3/t15?,23-/m1/s1. The molecular formula is C17H24Cl2FNOS. The zero-order chi connectivity index (χ0) is 17.4. The van der Waals surface area contributed by atoms with E-state index in [1.54, 1.807) is 0 Å². The van der Waals surface area contributed by atoms with Gasteiger partial charge in [-0.3, -0.25) is 0 Å². The Bertz CT molecular complexity index is 570. The summed E-state index contributed by atoms with van der Waals surface area (Å²) < 4.78 is 29.9. The molecule has 2 rings (SSSR count). The number of nitrogens with one attached hydrogen (secondary N) is 1. The molecule has 1 aliphatic rings. The monoisotopic (exact) mass is 379 g/mol. The first-order valence-electron chi connectivity index (χ1n) is 7.88. The normalized spacial score (nSPS) is 20.5. The average molecular weight is 380 g/mol. The predicted molar refractivity (Wildman–Crippen MR) is 96.8 cm³/mol. The molecule has 2 nitrogen and oxygen atoms in total. The van der Waals surface area contributed by atoms with Gasteiger partial charge in [-0.05, 0) is 51.2 Å². The van der Waals surface area contributed by atoms with Crippen LogP contribution in [0, 0.1) is 11.2 Å². The van der Waals surface area contributed by atoms with Crippen molar-refractivity contribution in [3.05, 3.63) is 33.6 Å². The Hall–Kier alpha value is -0.0000000000000000555. The van der Waals surface area contributed by atoms with Crippen LogP contribution < -0.4 is 4.72 Å². The Balaban J connectivity index is 2.48. The van der Waals surface area contributed by atoms with E-state index in [1.165, 1.54) is 12.1 Å². The van der Waals surface area contributed by atoms with E-state index in [2.05, 4.69) is 11.6 Å². The third-order valence-corrected chi connectivity index (χ3v) is 6.97. The highest BCUT2D eigenvalue weighted by Crippen LogP contribution is 2.50. The maximum absolute atomic E-state index is 14.6. The van der Waals surface area contributed by atoms with Gasteiger partial charge in [0.05, 0.1) is 16.1 Å². The maximum atomic E-state index is 14.6. The molecule has 0 radical (unpaired) electrons. The van der Waals surface area contributed by atoms with E-state index in [9.17, 15) is 8.94 Å². The van der Waals surface area contributed by atoms with Crippen LogP contribution in [0.5, 0.6) is 0 Å². The van der Waals surface area contributed by atoms with Gasteiger partial charge in [-0.2, -0.15) is 0 Å². The van der Waals surface area contributed by atoms with Gasteiger partial charge in [-0.25, -0.2) is 4.39 Å². The number of hydrogen-bond donors (Lipinski definition) is 1. The predicted octanol–water partition coefficient (Wildman–Crippen LogP) is 5.81. The molecule has 23 heavy (non-hydrogen) atoms. The van der Waals surface area contributed by atoms with Gasteiger partial charge in [-0.1, -0.05) is 43.0 Å². The van der Waals surface area contributed by atoms with Crippen molar-refractivity contribution in [2.24, 2.45) is 5.41 Å². The highest BCUT2D eigenvalue weighted by Gasteiger charge is 2.44. The van der Waals surface area contributed by atoms with Crippen LogP contribution in [0.2, 0.25) is 10.0 Å².